The fourth-order valence-electron chi connectivity index (χ4n) is 1.80. The summed E-state index contributed by atoms with van der Waals surface area (Å²) in [6.45, 7) is 0.0984. The van der Waals surface area contributed by atoms with E-state index in [1.54, 1.807) is 23.1 Å². The first kappa shape index (κ1) is 11.9. The van der Waals surface area contributed by atoms with E-state index in [1.807, 2.05) is 6.07 Å². The van der Waals surface area contributed by atoms with Crippen molar-refractivity contribution in [2.24, 2.45) is 0 Å². The molecule has 92 valence electrons. The highest BCUT2D eigenvalue weighted by Gasteiger charge is 2.24. The van der Waals surface area contributed by atoms with Crippen molar-refractivity contribution >= 4 is 17.5 Å². The normalized spacial score (nSPS) is 15.0. The van der Waals surface area contributed by atoms with Crippen molar-refractivity contribution in [2.45, 2.75) is 0 Å². The lowest BCUT2D eigenvalue weighted by Gasteiger charge is -2.28. The van der Waals surface area contributed by atoms with Crippen molar-refractivity contribution in [1.29, 1.82) is 5.26 Å². The van der Waals surface area contributed by atoms with Crippen molar-refractivity contribution in [3.63, 3.8) is 0 Å². The zero-order valence-corrected chi connectivity index (χ0v) is 9.77. The Hall–Kier alpha value is -2.55. The number of amides is 2. The summed E-state index contributed by atoms with van der Waals surface area (Å²) >= 11 is 0. The zero-order valence-electron chi connectivity index (χ0n) is 9.77. The molecule has 0 aliphatic carbocycles. The summed E-state index contributed by atoms with van der Waals surface area (Å²) in [7, 11) is 1.51. The topological polar surface area (TPSA) is 82.4 Å². The zero-order chi connectivity index (χ0) is 13.1. The lowest BCUT2D eigenvalue weighted by molar-refractivity contribution is -0.130. The highest BCUT2D eigenvalue weighted by Crippen LogP contribution is 2.26. The Labute approximate surface area is 104 Å². The second-order valence-electron chi connectivity index (χ2n) is 3.82. The van der Waals surface area contributed by atoms with Crippen LogP contribution in [0.4, 0.5) is 5.69 Å². The second-order valence-corrected chi connectivity index (χ2v) is 3.82. The maximum absolute atomic E-state index is 11.3. The molecule has 0 saturated carbocycles. The third-order valence-corrected chi connectivity index (χ3v) is 2.61. The van der Waals surface area contributed by atoms with E-state index in [-0.39, 0.29) is 24.9 Å². The van der Waals surface area contributed by atoms with Gasteiger partial charge in [-0.3, -0.25) is 14.9 Å². The lowest BCUT2D eigenvalue weighted by Crippen LogP contribution is -2.51. The molecule has 0 radical (unpaired) electrons. The molecule has 0 atom stereocenters. The molecule has 1 heterocycles. The molecule has 1 fully saturated rings. The van der Waals surface area contributed by atoms with Crippen LogP contribution in [0, 0.1) is 11.3 Å². The number of rotatable bonds is 2. The number of carbonyl (C=O) groups is 2. The Kier molecular flexibility index (Phi) is 3.15. The van der Waals surface area contributed by atoms with Gasteiger partial charge in [0.25, 0.3) is 0 Å². The molecule has 0 bridgehead atoms. The van der Waals surface area contributed by atoms with E-state index in [0.717, 1.165) is 0 Å². The number of hydrogen-bond acceptors (Lipinski definition) is 5. The van der Waals surface area contributed by atoms with E-state index < -0.39 is 0 Å². The molecule has 1 N–H and O–H groups in total. The Morgan fingerprint density at radius 3 is 2.56 bits per heavy atom. The summed E-state index contributed by atoms with van der Waals surface area (Å²) in [5.41, 5.74) is 0.929. The third-order valence-electron chi connectivity index (χ3n) is 2.61. The van der Waals surface area contributed by atoms with Crippen LogP contribution in [0.1, 0.15) is 5.56 Å². The van der Waals surface area contributed by atoms with Gasteiger partial charge in [-0.05, 0) is 12.1 Å². The summed E-state index contributed by atoms with van der Waals surface area (Å²) in [5, 5.41) is 11.3. The lowest BCUT2D eigenvalue weighted by atomic mass is 10.1. The second kappa shape index (κ2) is 4.75. The standard InChI is InChI=1S/C12H11N3O3/c1-18-9-3-2-8(5-13)10(4-9)15-6-11(16)14-12(17)7-15/h2-4H,6-7H2,1H3,(H,14,16,17). The summed E-state index contributed by atoms with van der Waals surface area (Å²) in [6, 6.07) is 6.94. The van der Waals surface area contributed by atoms with Gasteiger partial charge in [-0.1, -0.05) is 0 Å². The quantitative estimate of drug-likeness (QED) is 0.743. The molecule has 6 heteroatoms. The number of piperazine rings is 1. The van der Waals surface area contributed by atoms with E-state index in [2.05, 4.69) is 5.32 Å². The van der Waals surface area contributed by atoms with Crippen molar-refractivity contribution < 1.29 is 14.3 Å². The van der Waals surface area contributed by atoms with E-state index >= 15 is 0 Å². The van der Waals surface area contributed by atoms with Gasteiger partial charge in [0.05, 0.1) is 31.5 Å². The molecule has 1 aromatic carbocycles. The van der Waals surface area contributed by atoms with Crippen molar-refractivity contribution in [3.8, 4) is 11.8 Å². The van der Waals surface area contributed by atoms with Crippen molar-refractivity contribution in [2.75, 3.05) is 25.1 Å². The highest BCUT2D eigenvalue weighted by atomic mass is 16.5. The predicted molar refractivity (Wildman–Crippen MR) is 63.1 cm³/mol. The average Bonchev–Trinajstić information content (AvgIpc) is 2.36. The minimum Gasteiger partial charge on any atom is -0.497 e. The van der Waals surface area contributed by atoms with Crippen LogP contribution in [-0.4, -0.2) is 32.0 Å². The first-order valence-corrected chi connectivity index (χ1v) is 5.30. The maximum atomic E-state index is 11.3. The molecule has 2 rings (SSSR count). The van der Waals surface area contributed by atoms with Crippen LogP contribution in [-0.2, 0) is 9.59 Å². The summed E-state index contributed by atoms with van der Waals surface area (Å²) < 4.78 is 5.08. The molecule has 0 aromatic heterocycles. The molecule has 0 unspecified atom stereocenters. The number of ether oxygens (including phenoxy) is 1. The van der Waals surface area contributed by atoms with Crippen LogP contribution in [0.25, 0.3) is 0 Å². The van der Waals surface area contributed by atoms with E-state index in [9.17, 15) is 9.59 Å². The molecule has 2 amide bonds. The fraction of sp³-hybridized carbons (Fsp3) is 0.250. The van der Waals surface area contributed by atoms with Gasteiger partial charge in [0.2, 0.25) is 11.8 Å². The Bertz CT molecular complexity index is 532. The largest absolute Gasteiger partial charge is 0.497 e. The molecule has 18 heavy (non-hydrogen) atoms. The SMILES string of the molecule is COc1ccc(C#N)c(N2CC(=O)NC(=O)C2)c1. The van der Waals surface area contributed by atoms with Crippen LogP contribution < -0.4 is 15.0 Å². The Morgan fingerprint density at radius 2 is 2.00 bits per heavy atom. The number of nitriles is 1. The van der Waals surface area contributed by atoms with Gasteiger partial charge < -0.3 is 9.64 Å². The summed E-state index contributed by atoms with van der Waals surface area (Å²) in [4.78, 5) is 24.2. The Morgan fingerprint density at radius 1 is 1.33 bits per heavy atom. The number of imide groups is 1. The van der Waals surface area contributed by atoms with E-state index in [4.69, 9.17) is 10.00 Å². The first-order chi connectivity index (χ1) is 8.63. The predicted octanol–water partition coefficient (Wildman–Crippen LogP) is 0.0297. The van der Waals surface area contributed by atoms with Gasteiger partial charge in [-0.2, -0.15) is 5.26 Å². The molecule has 1 aromatic rings. The number of nitrogens with zero attached hydrogens (tertiary/aromatic N) is 2. The molecular weight excluding hydrogens is 234 g/mol. The van der Waals surface area contributed by atoms with E-state index in [1.165, 1.54) is 7.11 Å². The summed E-state index contributed by atoms with van der Waals surface area (Å²) in [6.07, 6.45) is 0. The molecular formula is C12H11N3O3. The number of anilines is 1. The number of methoxy groups -OCH3 is 1. The van der Waals surface area contributed by atoms with Gasteiger partial charge in [-0.25, -0.2) is 0 Å². The molecule has 1 aliphatic rings. The van der Waals surface area contributed by atoms with Gasteiger partial charge >= 0.3 is 0 Å². The molecule has 1 aliphatic heterocycles. The minimum absolute atomic E-state index is 0.0492. The average molecular weight is 245 g/mol. The van der Waals surface area contributed by atoms with E-state index in [0.29, 0.717) is 17.0 Å². The van der Waals surface area contributed by atoms with Crippen LogP contribution >= 0.6 is 0 Å². The van der Waals surface area contributed by atoms with Crippen LogP contribution in [0.5, 0.6) is 5.75 Å². The monoisotopic (exact) mass is 245 g/mol. The van der Waals surface area contributed by atoms with Gasteiger partial charge in [-0.15, -0.1) is 0 Å². The maximum Gasteiger partial charge on any atom is 0.246 e. The Balaban J connectivity index is 2.39. The third kappa shape index (κ3) is 2.25. The first-order valence-electron chi connectivity index (χ1n) is 5.30. The summed E-state index contributed by atoms with van der Waals surface area (Å²) in [5.74, 6) is -0.182. The fourth-order valence-corrected chi connectivity index (χ4v) is 1.80. The highest BCUT2D eigenvalue weighted by molar-refractivity contribution is 6.03. The smallest absolute Gasteiger partial charge is 0.246 e. The number of hydrogen-bond donors (Lipinski definition) is 1. The van der Waals surface area contributed by atoms with Crippen LogP contribution in [0.3, 0.4) is 0 Å². The molecule has 1 saturated heterocycles. The van der Waals surface area contributed by atoms with Crippen LogP contribution in [0.2, 0.25) is 0 Å². The van der Waals surface area contributed by atoms with Crippen LogP contribution in [0.15, 0.2) is 18.2 Å². The van der Waals surface area contributed by atoms with Gasteiger partial charge in [0, 0.05) is 6.07 Å². The van der Waals surface area contributed by atoms with Gasteiger partial charge in [0.15, 0.2) is 0 Å². The van der Waals surface area contributed by atoms with Crippen molar-refractivity contribution in [3.05, 3.63) is 23.8 Å². The molecule has 6 nitrogen and oxygen atoms in total. The number of benzene rings is 1. The van der Waals surface area contributed by atoms with Gasteiger partial charge in [0.1, 0.15) is 11.8 Å². The minimum atomic E-state index is -0.377. The molecule has 0 spiro atoms. The van der Waals surface area contributed by atoms with Crippen molar-refractivity contribution in [1.82, 2.24) is 5.32 Å². The number of carbonyl (C=O) groups excluding carboxylic acids is 2. The number of nitrogens with one attached hydrogen (secondary N) is 1.